The Morgan fingerprint density at radius 3 is 2.72 bits per heavy atom. The smallest absolute Gasteiger partial charge is 0.149 e. The molecule has 4 nitrogen and oxygen atoms in total. The predicted octanol–water partition coefficient (Wildman–Crippen LogP) is 1.32. The summed E-state index contributed by atoms with van der Waals surface area (Å²) in [5, 5.41) is 12.4. The first-order valence-corrected chi connectivity index (χ1v) is 6.92. The molecular weight excluding hydrogens is 228 g/mol. The maximum atomic E-state index is 11.9. The fourth-order valence-electron chi connectivity index (χ4n) is 1.82. The van der Waals surface area contributed by atoms with Crippen LogP contribution in [0, 0.1) is 11.8 Å². The lowest BCUT2D eigenvalue weighted by Crippen LogP contribution is -2.33. The van der Waals surface area contributed by atoms with Crippen LogP contribution in [0.1, 0.15) is 47.8 Å². The molecule has 0 saturated carbocycles. The van der Waals surface area contributed by atoms with Crippen LogP contribution in [-0.4, -0.2) is 36.6 Å². The first-order chi connectivity index (χ1) is 9.02. The van der Waals surface area contributed by atoms with Gasteiger partial charge in [-0.15, -0.1) is 0 Å². The number of rotatable bonds is 11. The van der Waals surface area contributed by atoms with Gasteiger partial charge in [-0.1, -0.05) is 27.2 Å². The molecule has 0 radical (unpaired) electrons. The van der Waals surface area contributed by atoms with Gasteiger partial charge in [-0.3, -0.25) is 4.79 Å². The highest BCUT2D eigenvalue weighted by molar-refractivity contribution is 5.83. The van der Waals surface area contributed by atoms with E-state index in [-0.39, 0.29) is 18.3 Å². The van der Waals surface area contributed by atoms with Crippen molar-refractivity contribution in [2.24, 2.45) is 17.6 Å². The number of Topliss-reactive ketones (excluding diaryl/α,β-unsaturated/α-hetero) is 1. The zero-order valence-corrected chi connectivity index (χ0v) is 11.8. The quantitative estimate of drug-likeness (QED) is 0.490. The molecule has 0 aliphatic carbocycles. The zero-order chi connectivity index (χ0) is 14.7. The Balaban J connectivity index is 3.75. The summed E-state index contributed by atoms with van der Waals surface area (Å²) < 4.78 is 6.98. The number of nitrogens with one attached hydrogen (secondary N) is 1. The van der Waals surface area contributed by atoms with Crippen molar-refractivity contribution in [3.63, 3.8) is 0 Å². The second-order valence-corrected chi connectivity index (χ2v) is 5.21. The van der Waals surface area contributed by atoms with E-state index in [0.717, 1.165) is 25.9 Å². The number of carbonyl (C=O) groups is 1. The molecule has 4 N–H and O–H groups in total. The van der Waals surface area contributed by atoms with E-state index in [0.29, 0.717) is 25.7 Å². The van der Waals surface area contributed by atoms with Crippen molar-refractivity contribution < 1.29 is 11.3 Å². The van der Waals surface area contributed by atoms with Gasteiger partial charge >= 0.3 is 0 Å². The summed E-state index contributed by atoms with van der Waals surface area (Å²) in [5.41, 5.74) is 5.88. The molecule has 0 fully saturated rings. The van der Waals surface area contributed by atoms with Gasteiger partial charge in [-0.05, 0) is 37.8 Å². The largest absolute Gasteiger partial charge is 0.396 e. The van der Waals surface area contributed by atoms with Crippen LogP contribution in [0.15, 0.2) is 0 Å². The number of hydrogen-bond donors (Lipinski definition) is 3. The van der Waals surface area contributed by atoms with Crippen LogP contribution in [0.4, 0.5) is 0 Å². The lowest BCUT2D eigenvalue weighted by molar-refractivity contribution is -0.122. The highest BCUT2D eigenvalue weighted by atomic mass is 16.3. The van der Waals surface area contributed by atoms with Gasteiger partial charge in [-0.25, -0.2) is 0 Å². The summed E-state index contributed by atoms with van der Waals surface area (Å²) in [6, 6.07) is -0.399. The summed E-state index contributed by atoms with van der Waals surface area (Å²) in [4.78, 5) is 11.9. The Bertz CT molecular complexity index is 237. The molecule has 2 unspecified atom stereocenters. The molecule has 0 aromatic heterocycles. The highest BCUT2D eigenvalue weighted by Crippen LogP contribution is 2.16. The predicted molar refractivity (Wildman–Crippen MR) is 75.4 cm³/mol. The minimum Gasteiger partial charge on any atom is -0.396 e. The van der Waals surface area contributed by atoms with Gasteiger partial charge in [-0.2, -0.15) is 0 Å². The lowest BCUT2D eigenvalue weighted by Gasteiger charge is -2.19. The minimum absolute atomic E-state index is 0.0253. The van der Waals surface area contributed by atoms with Crippen LogP contribution < -0.4 is 11.1 Å². The first kappa shape index (κ1) is 15.6. The normalized spacial score (nSPS) is 15.5. The summed E-state index contributed by atoms with van der Waals surface area (Å²) >= 11 is 0. The van der Waals surface area contributed by atoms with Gasteiger partial charge in [0.15, 0.2) is 0 Å². The summed E-state index contributed by atoms with van der Waals surface area (Å²) in [7, 11) is 0. The number of carbonyl (C=O) groups excluding carboxylic acids is 1. The van der Waals surface area contributed by atoms with Crippen LogP contribution in [-0.2, 0) is 4.79 Å². The number of ketones is 1. The average molecular weight is 260 g/mol. The fraction of sp³-hybridized carbons (Fsp3) is 0.929. The molecule has 0 saturated heterocycles. The van der Waals surface area contributed by atoms with E-state index in [1.54, 1.807) is 0 Å². The van der Waals surface area contributed by atoms with Crippen molar-refractivity contribution in [1.29, 1.82) is 0 Å². The second kappa shape index (κ2) is 10.5. The van der Waals surface area contributed by atoms with Crippen LogP contribution in [0.3, 0.4) is 0 Å². The molecule has 0 amide bonds. The van der Waals surface area contributed by atoms with Crippen molar-refractivity contribution in [1.82, 2.24) is 5.32 Å². The topological polar surface area (TPSA) is 75.3 Å². The van der Waals surface area contributed by atoms with Crippen molar-refractivity contribution in [3.8, 4) is 0 Å². The Kier molecular flexibility index (Phi) is 9.08. The number of aliphatic hydroxyl groups excluding tert-OH is 1. The highest BCUT2D eigenvalue weighted by Gasteiger charge is 2.20. The van der Waals surface area contributed by atoms with Crippen LogP contribution >= 0.6 is 0 Å². The van der Waals surface area contributed by atoms with Gasteiger partial charge in [0.2, 0.25) is 0 Å². The number of aliphatic hydroxyl groups is 1. The number of hydrogen-bond acceptors (Lipinski definition) is 4. The lowest BCUT2D eigenvalue weighted by atomic mass is 9.89. The average Bonchev–Trinajstić information content (AvgIpc) is 2.38. The SMILES string of the molecule is [3H]CCNCCCCC(N)C(=O)CC(CO)C(C)C. The van der Waals surface area contributed by atoms with Crippen LogP contribution in [0.5, 0.6) is 0 Å². The molecule has 4 heteroatoms. The molecule has 108 valence electrons. The zero-order valence-electron chi connectivity index (χ0n) is 12.8. The van der Waals surface area contributed by atoms with E-state index in [2.05, 4.69) is 5.32 Å². The Morgan fingerprint density at radius 1 is 1.44 bits per heavy atom. The third-order valence-corrected chi connectivity index (χ3v) is 3.35. The van der Waals surface area contributed by atoms with E-state index in [9.17, 15) is 9.90 Å². The monoisotopic (exact) mass is 260 g/mol. The minimum atomic E-state index is -0.399. The summed E-state index contributed by atoms with van der Waals surface area (Å²) in [6.45, 7) is 6.07. The Morgan fingerprint density at radius 2 is 2.17 bits per heavy atom. The van der Waals surface area contributed by atoms with E-state index in [1.807, 2.05) is 13.8 Å². The van der Waals surface area contributed by atoms with Gasteiger partial charge in [0, 0.05) is 14.4 Å². The molecule has 18 heavy (non-hydrogen) atoms. The molecule has 0 aliphatic heterocycles. The third-order valence-electron chi connectivity index (χ3n) is 3.35. The molecule has 0 aromatic rings. The Labute approximate surface area is 113 Å². The molecule has 0 aromatic carbocycles. The molecule has 0 aliphatic rings. The van der Waals surface area contributed by atoms with Gasteiger partial charge in [0.05, 0.1) is 6.04 Å². The maximum absolute atomic E-state index is 11.9. The van der Waals surface area contributed by atoms with E-state index in [4.69, 9.17) is 7.10 Å². The standard InChI is InChI=1S/C14H30N2O2/c1-4-16-8-6-5-7-13(15)14(18)9-12(10-17)11(2)3/h11-13,16-17H,4-10,15H2,1-3H3/i1T. The van der Waals surface area contributed by atoms with Crippen LogP contribution in [0.2, 0.25) is 0 Å². The summed E-state index contributed by atoms with van der Waals surface area (Å²) in [6.07, 6.45) is 2.99. The molecule has 0 bridgehead atoms. The van der Waals surface area contributed by atoms with E-state index >= 15 is 0 Å². The van der Waals surface area contributed by atoms with Gasteiger partial charge in [0.25, 0.3) is 0 Å². The third kappa shape index (κ3) is 7.80. The van der Waals surface area contributed by atoms with E-state index in [1.165, 1.54) is 0 Å². The number of unbranched alkanes of at least 4 members (excludes halogenated alkanes) is 1. The van der Waals surface area contributed by atoms with Crippen molar-refractivity contribution >= 4 is 5.78 Å². The van der Waals surface area contributed by atoms with Gasteiger partial charge < -0.3 is 16.2 Å². The van der Waals surface area contributed by atoms with Crippen molar-refractivity contribution in [2.45, 2.75) is 52.5 Å². The first-order valence-electron chi connectivity index (χ1n) is 7.62. The maximum Gasteiger partial charge on any atom is 0.149 e. The van der Waals surface area contributed by atoms with Gasteiger partial charge in [0.1, 0.15) is 5.78 Å². The van der Waals surface area contributed by atoms with Crippen molar-refractivity contribution in [3.05, 3.63) is 0 Å². The summed E-state index contributed by atoms with van der Waals surface area (Å²) in [5.74, 6) is 0.388. The molecule has 0 spiro atoms. The molecule has 2 atom stereocenters. The number of nitrogens with two attached hydrogens (primary N) is 1. The molecule has 0 heterocycles. The Hall–Kier alpha value is -0.450. The van der Waals surface area contributed by atoms with Crippen molar-refractivity contribution in [2.75, 3.05) is 19.7 Å². The second-order valence-electron chi connectivity index (χ2n) is 5.21. The van der Waals surface area contributed by atoms with E-state index < -0.39 is 6.04 Å². The molecule has 0 rings (SSSR count). The molecular formula is C14H30N2O2. The fourth-order valence-corrected chi connectivity index (χ4v) is 1.82. The van der Waals surface area contributed by atoms with Crippen LogP contribution in [0.25, 0.3) is 0 Å².